The first-order chi connectivity index (χ1) is 13.6. The highest BCUT2D eigenvalue weighted by Crippen LogP contribution is 2.32. The summed E-state index contributed by atoms with van der Waals surface area (Å²) in [5.41, 5.74) is 2.81. The standard InChI is InChI=1S/C20H24ClN3O4S/c1-6-13(7-2)16-10-12(3)24-18(16)20(25)23(4)19(22-24)15-9-8-14(11-17(15)21)28-29(5,26)27/h8-11,13H,6-7H2,1-5H3. The zero-order chi connectivity index (χ0) is 21.5. The molecule has 0 fully saturated rings. The van der Waals surface area contributed by atoms with Gasteiger partial charge in [0.15, 0.2) is 5.82 Å². The molecule has 0 atom stereocenters. The minimum Gasteiger partial charge on any atom is -0.383 e. The van der Waals surface area contributed by atoms with E-state index >= 15 is 0 Å². The van der Waals surface area contributed by atoms with Gasteiger partial charge < -0.3 is 4.18 Å². The smallest absolute Gasteiger partial charge is 0.306 e. The zero-order valence-electron chi connectivity index (χ0n) is 17.1. The Morgan fingerprint density at radius 1 is 1.21 bits per heavy atom. The highest BCUT2D eigenvalue weighted by atomic mass is 35.5. The van der Waals surface area contributed by atoms with Crippen molar-refractivity contribution >= 4 is 27.2 Å². The predicted octanol–water partition coefficient (Wildman–Crippen LogP) is 3.90. The van der Waals surface area contributed by atoms with Crippen molar-refractivity contribution in [2.75, 3.05) is 6.26 Å². The minimum atomic E-state index is -3.66. The van der Waals surface area contributed by atoms with E-state index in [1.54, 1.807) is 17.6 Å². The van der Waals surface area contributed by atoms with E-state index in [0.717, 1.165) is 30.4 Å². The summed E-state index contributed by atoms with van der Waals surface area (Å²) in [5.74, 6) is 0.767. The number of aromatic nitrogens is 3. The van der Waals surface area contributed by atoms with E-state index in [-0.39, 0.29) is 22.2 Å². The van der Waals surface area contributed by atoms with Gasteiger partial charge in [0.2, 0.25) is 0 Å². The number of nitrogens with zero attached hydrogens (tertiary/aromatic N) is 3. The Balaban J connectivity index is 2.21. The third kappa shape index (κ3) is 4.04. The molecule has 1 aromatic carbocycles. The van der Waals surface area contributed by atoms with Crippen LogP contribution in [0, 0.1) is 6.92 Å². The van der Waals surface area contributed by atoms with Crippen molar-refractivity contribution < 1.29 is 12.6 Å². The molecule has 0 amide bonds. The van der Waals surface area contributed by atoms with Gasteiger partial charge in [-0.1, -0.05) is 25.4 Å². The topological polar surface area (TPSA) is 82.7 Å². The van der Waals surface area contributed by atoms with Crippen molar-refractivity contribution in [3.8, 4) is 17.1 Å². The maximum absolute atomic E-state index is 13.2. The van der Waals surface area contributed by atoms with E-state index in [9.17, 15) is 13.2 Å². The molecule has 0 aliphatic carbocycles. The second-order valence-corrected chi connectivity index (χ2v) is 9.11. The van der Waals surface area contributed by atoms with Gasteiger partial charge in [0, 0.05) is 24.4 Å². The largest absolute Gasteiger partial charge is 0.383 e. The van der Waals surface area contributed by atoms with Gasteiger partial charge in [0.25, 0.3) is 5.56 Å². The van der Waals surface area contributed by atoms with Crippen LogP contribution in [0.3, 0.4) is 0 Å². The molecule has 0 aliphatic heterocycles. The molecule has 2 heterocycles. The molecular weight excluding hydrogens is 414 g/mol. The lowest BCUT2D eigenvalue weighted by atomic mass is 9.95. The van der Waals surface area contributed by atoms with Gasteiger partial charge in [-0.2, -0.15) is 8.42 Å². The van der Waals surface area contributed by atoms with Crippen LogP contribution in [0.4, 0.5) is 0 Å². The molecule has 0 saturated carbocycles. The van der Waals surface area contributed by atoms with E-state index in [1.807, 2.05) is 13.0 Å². The Kier molecular flexibility index (Phi) is 5.78. The Labute approximate surface area is 175 Å². The molecule has 0 spiro atoms. The first kappa shape index (κ1) is 21.4. The van der Waals surface area contributed by atoms with Crippen LogP contribution in [0.5, 0.6) is 5.75 Å². The van der Waals surface area contributed by atoms with Crippen LogP contribution in [-0.4, -0.2) is 28.9 Å². The fraction of sp³-hybridized carbons (Fsp3) is 0.400. The van der Waals surface area contributed by atoms with Gasteiger partial charge in [-0.25, -0.2) is 4.52 Å². The van der Waals surface area contributed by atoms with Gasteiger partial charge in [-0.15, -0.1) is 5.10 Å². The first-order valence-electron chi connectivity index (χ1n) is 9.36. The van der Waals surface area contributed by atoms with Crippen molar-refractivity contribution in [3.63, 3.8) is 0 Å². The molecule has 0 radical (unpaired) electrons. The van der Waals surface area contributed by atoms with Gasteiger partial charge >= 0.3 is 10.1 Å². The SMILES string of the molecule is CCC(CC)c1cc(C)n2nc(-c3ccc(OS(C)(=O)=O)cc3Cl)n(C)c(=O)c12. The number of fused-ring (bicyclic) bond motifs is 1. The molecule has 0 saturated heterocycles. The minimum absolute atomic E-state index is 0.0977. The van der Waals surface area contributed by atoms with Crippen molar-refractivity contribution in [2.24, 2.45) is 7.05 Å². The fourth-order valence-corrected chi connectivity index (χ4v) is 4.30. The Morgan fingerprint density at radius 2 is 1.86 bits per heavy atom. The van der Waals surface area contributed by atoms with Crippen LogP contribution in [0.1, 0.15) is 43.9 Å². The van der Waals surface area contributed by atoms with E-state index in [2.05, 4.69) is 18.9 Å². The Morgan fingerprint density at radius 3 is 2.41 bits per heavy atom. The molecule has 3 rings (SSSR count). The van der Waals surface area contributed by atoms with Crippen LogP contribution >= 0.6 is 11.6 Å². The Bertz CT molecular complexity index is 1240. The zero-order valence-corrected chi connectivity index (χ0v) is 18.6. The van der Waals surface area contributed by atoms with Crippen LogP contribution in [-0.2, 0) is 17.2 Å². The van der Waals surface area contributed by atoms with Gasteiger partial charge in [0.05, 0.1) is 11.3 Å². The number of hydrogen-bond acceptors (Lipinski definition) is 5. The molecule has 7 nitrogen and oxygen atoms in total. The van der Waals surface area contributed by atoms with Crippen molar-refractivity contribution in [1.29, 1.82) is 0 Å². The van der Waals surface area contributed by atoms with E-state index in [0.29, 0.717) is 16.9 Å². The molecule has 0 bridgehead atoms. The van der Waals surface area contributed by atoms with Crippen molar-refractivity contribution in [2.45, 2.75) is 39.5 Å². The molecule has 9 heteroatoms. The van der Waals surface area contributed by atoms with Crippen LogP contribution in [0.25, 0.3) is 16.9 Å². The average molecular weight is 438 g/mol. The average Bonchev–Trinajstić information content (AvgIpc) is 2.95. The number of halogens is 1. The molecule has 2 aromatic heterocycles. The highest BCUT2D eigenvalue weighted by molar-refractivity contribution is 7.86. The summed E-state index contributed by atoms with van der Waals surface area (Å²) >= 11 is 6.37. The normalized spacial score (nSPS) is 12.1. The van der Waals surface area contributed by atoms with Crippen LogP contribution in [0.15, 0.2) is 29.1 Å². The van der Waals surface area contributed by atoms with Crippen LogP contribution < -0.4 is 9.74 Å². The second-order valence-electron chi connectivity index (χ2n) is 7.13. The number of hydrogen-bond donors (Lipinski definition) is 0. The van der Waals surface area contributed by atoms with E-state index in [1.165, 1.54) is 16.7 Å². The maximum atomic E-state index is 13.2. The summed E-state index contributed by atoms with van der Waals surface area (Å²) in [6.07, 6.45) is 2.84. The summed E-state index contributed by atoms with van der Waals surface area (Å²) in [4.78, 5) is 13.2. The maximum Gasteiger partial charge on any atom is 0.306 e. The van der Waals surface area contributed by atoms with Gasteiger partial charge in [-0.05, 0) is 49.4 Å². The third-order valence-electron chi connectivity index (χ3n) is 5.06. The third-order valence-corrected chi connectivity index (χ3v) is 5.87. The Hall–Kier alpha value is -2.32. The molecule has 156 valence electrons. The highest BCUT2D eigenvalue weighted by Gasteiger charge is 2.21. The van der Waals surface area contributed by atoms with Crippen molar-refractivity contribution in [3.05, 3.63) is 50.9 Å². The van der Waals surface area contributed by atoms with E-state index < -0.39 is 10.1 Å². The lowest BCUT2D eigenvalue weighted by Crippen LogP contribution is -2.24. The first-order valence-corrected chi connectivity index (χ1v) is 11.5. The monoisotopic (exact) mass is 437 g/mol. The lowest BCUT2D eigenvalue weighted by Gasteiger charge is -2.14. The molecule has 0 N–H and O–H groups in total. The number of rotatable bonds is 6. The molecule has 3 aromatic rings. The summed E-state index contributed by atoms with van der Waals surface area (Å²) in [5, 5.41) is 4.91. The number of aryl methyl sites for hydroxylation is 1. The molecule has 29 heavy (non-hydrogen) atoms. The summed E-state index contributed by atoms with van der Waals surface area (Å²) in [6, 6.07) is 6.50. The van der Waals surface area contributed by atoms with Crippen LogP contribution in [0.2, 0.25) is 5.02 Å². The molecular formula is C20H24ClN3O4S. The summed E-state index contributed by atoms with van der Waals surface area (Å²) in [6.45, 7) is 6.14. The molecule has 0 unspecified atom stereocenters. The van der Waals surface area contributed by atoms with Gasteiger partial charge in [-0.3, -0.25) is 9.36 Å². The lowest BCUT2D eigenvalue weighted by molar-refractivity contribution is 0.493. The summed E-state index contributed by atoms with van der Waals surface area (Å²) in [7, 11) is -2.01. The van der Waals surface area contributed by atoms with Gasteiger partial charge in [0.1, 0.15) is 11.3 Å². The number of benzene rings is 1. The summed E-state index contributed by atoms with van der Waals surface area (Å²) < 4.78 is 30.7. The second kappa shape index (κ2) is 7.84. The molecule has 0 aliphatic rings. The van der Waals surface area contributed by atoms with Crippen molar-refractivity contribution in [1.82, 2.24) is 14.2 Å². The predicted molar refractivity (Wildman–Crippen MR) is 114 cm³/mol. The quantitative estimate of drug-likeness (QED) is 0.546. The van der Waals surface area contributed by atoms with E-state index in [4.69, 9.17) is 15.8 Å². The fourth-order valence-electron chi connectivity index (χ4n) is 3.59.